The predicted octanol–water partition coefficient (Wildman–Crippen LogP) is 2.68. The molecule has 1 aliphatic heterocycles. The maximum atomic E-state index is 5.84. The van der Waals surface area contributed by atoms with Crippen molar-refractivity contribution in [1.29, 1.82) is 0 Å². The lowest BCUT2D eigenvalue weighted by Gasteiger charge is -2.12. The molecular formula is C15H19N3O. The highest BCUT2D eigenvalue weighted by atomic mass is 16.5. The summed E-state index contributed by atoms with van der Waals surface area (Å²) in [4.78, 5) is 4.85. The molecule has 0 bridgehead atoms. The van der Waals surface area contributed by atoms with Gasteiger partial charge in [-0.3, -0.25) is 0 Å². The van der Waals surface area contributed by atoms with Gasteiger partial charge in [-0.25, -0.2) is 4.98 Å². The van der Waals surface area contributed by atoms with E-state index < -0.39 is 0 Å². The molecule has 2 heterocycles. The van der Waals surface area contributed by atoms with Gasteiger partial charge < -0.3 is 15.0 Å². The third kappa shape index (κ3) is 1.86. The number of ether oxygens (including phenoxy) is 1. The van der Waals surface area contributed by atoms with Crippen LogP contribution in [0.3, 0.4) is 0 Å². The third-order valence-corrected chi connectivity index (χ3v) is 4.15. The zero-order valence-corrected chi connectivity index (χ0v) is 11.0. The van der Waals surface area contributed by atoms with Gasteiger partial charge in [0.15, 0.2) is 0 Å². The number of imidazole rings is 1. The van der Waals surface area contributed by atoms with E-state index in [-0.39, 0.29) is 6.10 Å². The highest BCUT2D eigenvalue weighted by Crippen LogP contribution is 2.42. The summed E-state index contributed by atoms with van der Waals surface area (Å²) in [5.74, 6) is 1.13. The summed E-state index contributed by atoms with van der Waals surface area (Å²) in [6, 6.07) is 7.03. The van der Waals surface area contributed by atoms with Gasteiger partial charge in [-0.15, -0.1) is 0 Å². The molecule has 2 aromatic rings. The molecule has 1 saturated heterocycles. The molecule has 1 saturated carbocycles. The summed E-state index contributed by atoms with van der Waals surface area (Å²) in [7, 11) is 0. The van der Waals surface area contributed by atoms with Crippen LogP contribution in [0, 0.1) is 0 Å². The SMILES string of the molecule is NCc1ccc2c(c1)nc(C1CCCO1)n2C1CC1. The molecule has 2 N–H and O–H groups in total. The summed E-state index contributed by atoms with van der Waals surface area (Å²) in [6.45, 7) is 1.44. The largest absolute Gasteiger partial charge is 0.370 e. The first-order valence-electron chi connectivity index (χ1n) is 7.19. The first-order chi connectivity index (χ1) is 9.36. The number of nitrogens with zero attached hydrogens (tertiary/aromatic N) is 2. The molecular weight excluding hydrogens is 238 g/mol. The zero-order valence-electron chi connectivity index (χ0n) is 11.0. The lowest BCUT2D eigenvalue weighted by atomic mass is 10.2. The van der Waals surface area contributed by atoms with Gasteiger partial charge in [0.05, 0.1) is 11.0 Å². The van der Waals surface area contributed by atoms with Gasteiger partial charge in [-0.1, -0.05) is 6.07 Å². The monoisotopic (exact) mass is 257 g/mol. The highest BCUT2D eigenvalue weighted by molar-refractivity contribution is 5.77. The number of aromatic nitrogens is 2. The quantitative estimate of drug-likeness (QED) is 0.919. The molecule has 0 radical (unpaired) electrons. The van der Waals surface area contributed by atoms with Crippen LogP contribution in [0.4, 0.5) is 0 Å². The second kappa shape index (κ2) is 4.32. The summed E-state index contributed by atoms with van der Waals surface area (Å²) in [6.07, 6.45) is 4.97. The van der Waals surface area contributed by atoms with Crippen LogP contribution in [-0.4, -0.2) is 16.2 Å². The lowest BCUT2D eigenvalue weighted by molar-refractivity contribution is 0.102. The Hall–Kier alpha value is -1.39. The standard InChI is InChI=1S/C15H19N3O/c16-9-10-3-6-13-12(8-10)17-15(14-2-1-7-19-14)18(13)11-4-5-11/h3,6,8,11,14H,1-2,4-5,7,9,16H2. The Bertz CT molecular complexity index is 609. The maximum Gasteiger partial charge on any atom is 0.139 e. The topological polar surface area (TPSA) is 53.1 Å². The van der Waals surface area contributed by atoms with Gasteiger partial charge in [-0.05, 0) is 43.4 Å². The lowest BCUT2D eigenvalue weighted by Crippen LogP contribution is -2.07. The average molecular weight is 257 g/mol. The molecule has 1 aromatic heterocycles. The van der Waals surface area contributed by atoms with Crippen molar-refractivity contribution in [1.82, 2.24) is 9.55 Å². The molecule has 1 unspecified atom stereocenters. The third-order valence-electron chi connectivity index (χ3n) is 4.15. The molecule has 19 heavy (non-hydrogen) atoms. The molecule has 4 nitrogen and oxygen atoms in total. The Balaban J connectivity index is 1.88. The molecule has 1 aliphatic carbocycles. The van der Waals surface area contributed by atoms with Crippen LogP contribution in [0.1, 0.15) is 49.2 Å². The van der Waals surface area contributed by atoms with E-state index in [4.69, 9.17) is 15.5 Å². The first kappa shape index (κ1) is 11.4. The number of hydrogen-bond acceptors (Lipinski definition) is 3. The number of fused-ring (bicyclic) bond motifs is 1. The minimum Gasteiger partial charge on any atom is -0.370 e. The predicted molar refractivity (Wildman–Crippen MR) is 73.8 cm³/mol. The van der Waals surface area contributed by atoms with Crippen molar-refractivity contribution in [2.75, 3.05) is 6.61 Å². The van der Waals surface area contributed by atoms with Crippen molar-refractivity contribution < 1.29 is 4.74 Å². The first-order valence-corrected chi connectivity index (χ1v) is 7.19. The van der Waals surface area contributed by atoms with E-state index in [1.807, 2.05) is 0 Å². The van der Waals surface area contributed by atoms with Crippen LogP contribution >= 0.6 is 0 Å². The maximum absolute atomic E-state index is 5.84. The van der Waals surface area contributed by atoms with E-state index in [0.717, 1.165) is 36.4 Å². The van der Waals surface area contributed by atoms with Crippen LogP contribution < -0.4 is 5.73 Å². The molecule has 1 aromatic carbocycles. The van der Waals surface area contributed by atoms with Crippen LogP contribution in [-0.2, 0) is 11.3 Å². The number of benzene rings is 1. The Morgan fingerprint density at radius 3 is 2.89 bits per heavy atom. The molecule has 4 heteroatoms. The van der Waals surface area contributed by atoms with E-state index in [1.54, 1.807) is 0 Å². The van der Waals surface area contributed by atoms with Crippen LogP contribution in [0.5, 0.6) is 0 Å². The van der Waals surface area contributed by atoms with Gasteiger partial charge in [0, 0.05) is 19.2 Å². The molecule has 100 valence electrons. The Labute approximate surface area is 112 Å². The number of hydrogen-bond donors (Lipinski definition) is 1. The molecule has 2 fully saturated rings. The second-order valence-electron chi connectivity index (χ2n) is 5.60. The van der Waals surface area contributed by atoms with E-state index >= 15 is 0 Å². The van der Waals surface area contributed by atoms with Crippen LogP contribution in [0.15, 0.2) is 18.2 Å². The Morgan fingerprint density at radius 1 is 1.32 bits per heavy atom. The second-order valence-corrected chi connectivity index (χ2v) is 5.60. The summed E-state index contributed by atoms with van der Waals surface area (Å²) in [5.41, 5.74) is 9.18. The number of nitrogens with two attached hydrogens (primary N) is 1. The summed E-state index contributed by atoms with van der Waals surface area (Å²) < 4.78 is 8.24. The van der Waals surface area contributed by atoms with Crippen LogP contribution in [0.25, 0.3) is 11.0 Å². The van der Waals surface area contributed by atoms with Gasteiger partial charge in [0.1, 0.15) is 11.9 Å². The molecule has 2 aliphatic rings. The minimum atomic E-state index is 0.189. The van der Waals surface area contributed by atoms with E-state index in [9.17, 15) is 0 Å². The van der Waals surface area contributed by atoms with Crippen molar-refractivity contribution in [2.24, 2.45) is 5.73 Å². The fourth-order valence-corrected chi connectivity index (χ4v) is 3.01. The smallest absolute Gasteiger partial charge is 0.139 e. The van der Waals surface area contributed by atoms with E-state index in [0.29, 0.717) is 12.6 Å². The Morgan fingerprint density at radius 2 is 2.21 bits per heavy atom. The summed E-state index contributed by atoms with van der Waals surface area (Å²) >= 11 is 0. The van der Waals surface area contributed by atoms with Gasteiger partial charge in [0.25, 0.3) is 0 Å². The van der Waals surface area contributed by atoms with Crippen LogP contribution in [0.2, 0.25) is 0 Å². The summed E-state index contributed by atoms with van der Waals surface area (Å²) in [5, 5.41) is 0. The van der Waals surface area contributed by atoms with Crippen molar-refractivity contribution in [3.8, 4) is 0 Å². The molecule has 4 rings (SSSR count). The van der Waals surface area contributed by atoms with Crippen molar-refractivity contribution >= 4 is 11.0 Å². The van der Waals surface area contributed by atoms with Crippen molar-refractivity contribution in [3.63, 3.8) is 0 Å². The fourth-order valence-electron chi connectivity index (χ4n) is 3.01. The normalized spacial score (nSPS) is 23.3. The fraction of sp³-hybridized carbons (Fsp3) is 0.533. The van der Waals surface area contributed by atoms with Gasteiger partial charge >= 0.3 is 0 Å². The van der Waals surface area contributed by atoms with E-state index in [1.165, 1.54) is 18.4 Å². The Kier molecular flexibility index (Phi) is 2.60. The van der Waals surface area contributed by atoms with Gasteiger partial charge in [-0.2, -0.15) is 0 Å². The highest BCUT2D eigenvalue weighted by Gasteiger charge is 2.32. The van der Waals surface area contributed by atoms with Gasteiger partial charge in [0.2, 0.25) is 0 Å². The number of rotatable bonds is 3. The molecule has 1 atom stereocenters. The minimum absolute atomic E-state index is 0.189. The zero-order chi connectivity index (χ0) is 12.8. The van der Waals surface area contributed by atoms with Crippen molar-refractivity contribution in [2.45, 2.75) is 44.4 Å². The molecule has 0 spiro atoms. The van der Waals surface area contributed by atoms with Crippen molar-refractivity contribution in [3.05, 3.63) is 29.6 Å². The van der Waals surface area contributed by atoms with E-state index in [2.05, 4.69) is 22.8 Å². The molecule has 0 amide bonds. The average Bonchev–Trinajstić information content (AvgIpc) is 3.01.